The second-order valence-corrected chi connectivity index (χ2v) is 7.22. The van der Waals surface area contributed by atoms with Gasteiger partial charge in [0.05, 0.1) is 11.4 Å². The predicted octanol–water partition coefficient (Wildman–Crippen LogP) is 4.20. The van der Waals surface area contributed by atoms with E-state index in [1.54, 1.807) is 0 Å². The molecular weight excluding hydrogens is 306 g/mol. The number of hydrogen-bond donors (Lipinski definition) is 1. The molecule has 0 unspecified atom stereocenters. The van der Waals surface area contributed by atoms with E-state index in [0.29, 0.717) is 11.7 Å². The van der Waals surface area contributed by atoms with E-state index in [0.717, 1.165) is 23.1 Å². The Kier molecular flexibility index (Phi) is 5.88. The molecule has 1 aromatic carbocycles. The number of nitrogens with zero attached hydrogens (tertiary/aromatic N) is 2. The Morgan fingerprint density at radius 2 is 1.87 bits per heavy atom. The van der Waals surface area contributed by atoms with Crippen LogP contribution in [0.2, 0.25) is 0 Å². The molecule has 5 heteroatoms. The van der Waals surface area contributed by atoms with Crippen LogP contribution in [0, 0.1) is 26.7 Å². The molecule has 1 heterocycles. The number of aryl methyl sites for hydroxylation is 2. The van der Waals surface area contributed by atoms with Gasteiger partial charge in [-0.15, -0.1) is 0 Å². The third-order valence-corrected chi connectivity index (χ3v) is 4.61. The van der Waals surface area contributed by atoms with Gasteiger partial charge in [-0.25, -0.2) is 4.98 Å². The van der Waals surface area contributed by atoms with Crippen molar-refractivity contribution >= 4 is 23.4 Å². The van der Waals surface area contributed by atoms with Crippen molar-refractivity contribution in [1.82, 2.24) is 9.55 Å². The molecule has 0 aliphatic rings. The van der Waals surface area contributed by atoms with E-state index in [-0.39, 0.29) is 5.91 Å². The number of hydrogen-bond acceptors (Lipinski definition) is 3. The maximum atomic E-state index is 12.1. The quantitative estimate of drug-likeness (QED) is 0.807. The molecule has 0 bridgehead atoms. The van der Waals surface area contributed by atoms with E-state index >= 15 is 0 Å². The molecule has 124 valence electrons. The molecule has 0 atom stereocenters. The first-order chi connectivity index (χ1) is 10.9. The van der Waals surface area contributed by atoms with E-state index in [4.69, 9.17) is 0 Å². The van der Waals surface area contributed by atoms with Crippen LogP contribution in [-0.4, -0.2) is 21.2 Å². The minimum Gasteiger partial charge on any atom is -0.325 e. The van der Waals surface area contributed by atoms with Gasteiger partial charge in [-0.05, 0) is 38.8 Å². The van der Waals surface area contributed by atoms with E-state index in [9.17, 15) is 4.79 Å². The fourth-order valence-electron chi connectivity index (χ4n) is 2.28. The smallest absolute Gasteiger partial charge is 0.234 e. The Balaban J connectivity index is 1.98. The molecule has 4 nitrogen and oxygen atoms in total. The summed E-state index contributed by atoms with van der Waals surface area (Å²) in [6, 6.07) is 7.83. The van der Waals surface area contributed by atoms with Crippen molar-refractivity contribution in [2.24, 2.45) is 5.92 Å². The lowest BCUT2D eigenvalue weighted by Gasteiger charge is -2.12. The highest BCUT2D eigenvalue weighted by atomic mass is 32.2. The number of carbonyl (C=O) groups excluding carboxylic acids is 1. The van der Waals surface area contributed by atoms with Crippen molar-refractivity contribution in [3.8, 4) is 0 Å². The molecule has 1 amide bonds. The average Bonchev–Trinajstić information content (AvgIpc) is 2.75. The Morgan fingerprint density at radius 1 is 1.22 bits per heavy atom. The molecule has 0 aliphatic carbocycles. The van der Waals surface area contributed by atoms with Crippen LogP contribution in [0.4, 0.5) is 5.69 Å². The fourth-order valence-corrected chi connectivity index (χ4v) is 3.18. The van der Waals surface area contributed by atoms with Crippen LogP contribution in [0.15, 0.2) is 29.4 Å². The number of thioether (sulfide) groups is 1. The second kappa shape index (κ2) is 7.68. The summed E-state index contributed by atoms with van der Waals surface area (Å²) in [7, 11) is 0. The molecule has 2 aromatic rings. The van der Waals surface area contributed by atoms with Crippen molar-refractivity contribution in [3.05, 3.63) is 41.2 Å². The number of carbonyl (C=O) groups is 1. The van der Waals surface area contributed by atoms with Gasteiger partial charge < -0.3 is 9.88 Å². The molecule has 2 rings (SSSR count). The lowest BCUT2D eigenvalue weighted by molar-refractivity contribution is -0.113. The molecule has 0 radical (unpaired) electrons. The maximum Gasteiger partial charge on any atom is 0.234 e. The molecule has 0 aliphatic heterocycles. The van der Waals surface area contributed by atoms with E-state index in [2.05, 4.69) is 35.6 Å². The van der Waals surface area contributed by atoms with Gasteiger partial charge in [0.15, 0.2) is 5.16 Å². The number of amides is 1. The van der Waals surface area contributed by atoms with Crippen molar-refractivity contribution in [2.45, 2.75) is 46.3 Å². The second-order valence-electron chi connectivity index (χ2n) is 6.27. The summed E-state index contributed by atoms with van der Waals surface area (Å²) in [4.78, 5) is 16.7. The molecule has 0 fully saturated rings. The Bertz CT molecular complexity index is 674. The van der Waals surface area contributed by atoms with Crippen LogP contribution in [-0.2, 0) is 11.3 Å². The largest absolute Gasteiger partial charge is 0.325 e. The number of aromatic nitrogens is 2. The summed E-state index contributed by atoms with van der Waals surface area (Å²) >= 11 is 1.49. The van der Waals surface area contributed by atoms with Crippen LogP contribution in [0.25, 0.3) is 0 Å². The number of anilines is 1. The van der Waals surface area contributed by atoms with Gasteiger partial charge in [0, 0.05) is 17.9 Å². The molecule has 0 saturated heterocycles. The third kappa shape index (κ3) is 4.86. The first-order valence-corrected chi connectivity index (χ1v) is 8.88. The topological polar surface area (TPSA) is 46.9 Å². The molecular formula is C18H25N3OS. The highest BCUT2D eigenvalue weighted by Gasteiger charge is 2.14. The maximum absolute atomic E-state index is 12.1. The van der Waals surface area contributed by atoms with Gasteiger partial charge in [-0.2, -0.15) is 0 Å². The van der Waals surface area contributed by atoms with Gasteiger partial charge >= 0.3 is 0 Å². The zero-order valence-electron chi connectivity index (χ0n) is 14.5. The van der Waals surface area contributed by atoms with Crippen LogP contribution in [0.5, 0.6) is 0 Å². The number of imidazole rings is 1. The zero-order chi connectivity index (χ0) is 17.0. The highest BCUT2D eigenvalue weighted by molar-refractivity contribution is 7.99. The SMILES string of the molecule is Cc1ccc(NC(=O)CSc2nc(C)c(C)n2CC(C)C)cc1. The standard InChI is InChI=1S/C18H25N3OS/c1-12(2)10-21-15(5)14(4)19-18(21)23-11-17(22)20-16-8-6-13(3)7-9-16/h6-9,12H,10-11H2,1-5H3,(H,20,22). The van der Waals surface area contributed by atoms with Gasteiger partial charge in [0.2, 0.25) is 5.91 Å². The van der Waals surface area contributed by atoms with Crippen molar-refractivity contribution < 1.29 is 4.79 Å². The number of nitrogens with one attached hydrogen (secondary N) is 1. The van der Waals surface area contributed by atoms with Gasteiger partial charge in [0.1, 0.15) is 0 Å². The molecule has 1 aromatic heterocycles. The lowest BCUT2D eigenvalue weighted by Crippen LogP contribution is -2.15. The molecule has 23 heavy (non-hydrogen) atoms. The Morgan fingerprint density at radius 3 is 2.48 bits per heavy atom. The molecule has 0 spiro atoms. The molecule has 1 N–H and O–H groups in total. The zero-order valence-corrected chi connectivity index (χ0v) is 15.3. The van der Waals surface area contributed by atoms with Gasteiger partial charge in [-0.3, -0.25) is 4.79 Å². The summed E-state index contributed by atoms with van der Waals surface area (Å²) in [5.41, 5.74) is 4.23. The monoisotopic (exact) mass is 331 g/mol. The summed E-state index contributed by atoms with van der Waals surface area (Å²) in [6.45, 7) is 11.4. The number of rotatable bonds is 6. The first kappa shape index (κ1) is 17.6. The Labute approximate surface area is 142 Å². The Hall–Kier alpha value is -1.75. The minimum atomic E-state index is -0.00624. The predicted molar refractivity (Wildman–Crippen MR) is 97.1 cm³/mol. The summed E-state index contributed by atoms with van der Waals surface area (Å²) in [6.07, 6.45) is 0. The van der Waals surface area contributed by atoms with Crippen LogP contribution >= 0.6 is 11.8 Å². The van der Waals surface area contributed by atoms with Crippen LogP contribution < -0.4 is 5.32 Å². The van der Waals surface area contributed by atoms with Crippen molar-refractivity contribution in [1.29, 1.82) is 0 Å². The van der Waals surface area contributed by atoms with Crippen molar-refractivity contribution in [3.63, 3.8) is 0 Å². The van der Waals surface area contributed by atoms with Crippen LogP contribution in [0.3, 0.4) is 0 Å². The summed E-state index contributed by atoms with van der Waals surface area (Å²) in [5, 5.41) is 3.85. The molecule has 0 saturated carbocycles. The van der Waals surface area contributed by atoms with Gasteiger partial charge in [0.25, 0.3) is 0 Å². The minimum absolute atomic E-state index is 0.00624. The van der Waals surface area contributed by atoms with Crippen LogP contribution in [0.1, 0.15) is 30.8 Å². The van der Waals surface area contributed by atoms with E-state index < -0.39 is 0 Å². The number of benzene rings is 1. The average molecular weight is 331 g/mol. The van der Waals surface area contributed by atoms with E-state index in [1.807, 2.05) is 38.1 Å². The van der Waals surface area contributed by atoms with Crippen molar-refractivity contribution in [2.75, 3.05) is 11.1 Å². The lowest BCUT2D eigenvalue weighted by atomic mass is 10.2. The van der Waals surface area contributed by atoms with E-state index in [1.165, 1.54) is 23.0 Å². The first-order valence-electron chi connectivity index (χ1n) is 7.90. The normalized spacial score (nSPS) is 11.0. The van der Waals surface area contributed by atoms with Gasteiger partial charge in [-0.1, -0.05) is 43.3 Å². The summed E-state index contributed by atoms with van der Waals surface area (Å²) < 4.78 is 2.21. The highest BCUT2D eigenvalue weighted by Crippen LogP contribution is 2.22. The summed E-state index contributed by atoms with van der Waals surface area (Å²) in [5.74, 6) is 0.901. The third-order valence-electron chi connectivity index (χ3n) is 3.64. The fraction of sp³-hybridized carbons (Fsp3) is 0.444.